The van der Waals surface area contributed by atoms with Gasteiger partial charge in [-0.25, -0.2) is 0 Å². The molecule has 1 aliphatic carbocycles. The minimum Gasteiger partial charge on any atom is -0.504 e. The van der Waals surface area contributed by atoms with Crippen molar-refractivity contribution in [3.8, 4) is 11.5 Å². The van der Waals surface area contributed by atoms with E-state index in [1.807, 2.05) is 33.8 Å². The number of hydrogen-bond donors (Lipinski definition) is 2. The molecule has 3 unspecified atom stereocenters. The Hall–Kier alpha value is -1.81. The average molecular weight is 316 g/mol. The monoisotopic (exact) mass is 316 g/mol. The fourth-order valence-corrected chi connectivity index (χ4v) is 4.41. The Balaban J connectivity index is 2.39. The number of rotatable bonds is 3. The smallest absolute Gasteiger partial charge is 0.196 e. The van der Waals surface area contributed by atoms with Crippen LogP contribution in [0.1, 0.15) is 44.7 Å². The first kappa shape index (κ1) is 16.1. The molecule has 0 bridgehead atoms. The lowest BCUT2D eigenvalue weighted by Gasteiger charge is -2.50. The highest BCUT2D eigenvalue weighted by Crippen LogP contribution is 2.59. The van der Waals surface area contributed by atoms with E-state index in [1.165, 1.54) is 6.08 Å². The molecule has 3 rings (SSSR count). The molecular formula is C19H24O4. The highest BCUT2D eigenvalue weighted by molar-refractivity contribution is 5.98. The van der Waals surface area contributed by atoms with Crippen LogP contribution in [0.25, 0.3) is 0 Å². The molecule has 1 heterocycles. The molecule has 2 N–H and O–H groups in total. The summed E-state index contributed by atoms with van der Waals surface area (Å²) < 4.78 is 5.93. The number of aliphatic hydroxyl groups is 1. The summed E-state index contributed by atoms with van der Waals surface area (Å²) in [4.78, 5) is 12.6. The van der Waals surface area contributed by atoms with E-state index in [1.54, 1.807) is 12.1 Å². The molecule has 4 heteroatoms. The summed E-state index contributed by atoms with van der Waals surface area (Å²) in [6, 6.07) is 3.40. The quantitative estimate of drug-likeness (QED) is 0.899. The topological polar surface area (TPSA) is 66.8 Å². The van der Waals surface area contributed by atoms with Crippen LogP contribution in [0.15, 0.2) is 24.3 Å². The SMILES string of the molecule is CCCC12c3c(C)ccc(O)c3OC1C(=O)C=CC2(O)C(C)C. The summed E-state index contributed by atoms with van der Waals surface area (Å²) in [5.74, 6) is 0.116. The molecule has 4 nitrogen and oxygen atoms in total. The summed E-state index contributed by atoms with van der Waals surface area (Å²) in [6.45, 7) is 7.87. The number of benzene rings is 1. The Morgan fingerprint density at radius 1 is 1.35 bits per heavy atom. The summed E-state index contributed by atoms with van der Waals surface area (Å²) in [7, 11) is 0. The summed E-state index contributed by atoms with van der Waals surface area (Å²) in [6.07, 6.45) is 3.68. The molecule has 23 heavy (non-hydrogen) atoms. The third-order valence-electron chi connectivity index (χ3n) is 5.47. The average Bonchev–Trinajstić information content (AvgIpc) is 2.86. The fraction of sp³-hybridized carbons (Fsp3) is 0.526. The number of hydrogen-bond acceptors (Lipinski definition) is 4. The summed E-state index contributed by atoms with van der Waals surface area (Å²) in [5, 5.41) is 21.8. The van der Waals surface area contributed by atoms with E-state index in [-0.39, 0.29) is 17.5 Å². The van der Waals surface area contributed by atoms with Crippen LogP contribution in [0.3, 0.4) is 0 Å². The maximum absolute atomic E-state index is 12.6. The first-order valence-electron chi connectivity index (χ1n) is 8.24. The fourth-order valence-electron chi connectivity index (χ4n) is 4.41. The number of ether oxygens (including phenoxy) is 1. The zero-order chi connectivity index (χ0) is 17.0. The van der Waals surface area contributed by atoms with Crippen molar-refractivity contribution in [3.05, 3.63) is 35.4 Å². The molecule has 0 saturated heterocycles. The second-order valence-electron chi connectivity index (χ2n) is 7.04. The minimum absolute atomic E-state index is 0.0226. The second-order valence-corrected chi connectivity index (χ2v) is 7.04. The van der Waals surface area contributed by atoms with Gasteiger partial charge >= 0.3 is 0 Å². The van der Waals surface area contributed by atoms with Crippen molar-refractivity contribution in [2.45, 2.75) is 57.7 Å². The van der Waals surface area contributed by atoms with Gasteiger partial charge in [-0.15, -0.1) is 0 Å². The normalized spacial score (nSPS) is 31.9. The number of phenolic OH excluding ortho intramolecular Hbond substituents is 1. The van der Waals surface area contributed by atoms with E-state index in [0.717, 1.165) is 17.5 Å². The van der Waals surface area contributed by atoms with Crippen molar-refractivity contribution in [2.24, 2.45) is 5.92 Å². The maximum atomic E-state index is 12.6. The largest absolute Gasteiger partial charge is 0.504 e. The predicted octanol–water partition coefficient (Wildman–Crippen LogP) is 3.03. The molecule has 0 radical (unpaired) electrons. The van der Waals surface area contributed by atoms with Crippen molar-refractivity contribution >= 4 is 5.78 Å². The van der Waals surface area contributed by atoms with E-state index in [4.69, 9.17) is 4.74 Å². The summed E-state index contributed by atoms with van der Waals surface area (Å²) >= 11 is 0. The zero-order valence-corrected chi connectivity index (χ0v) is 14.1. The number of aromatic hydroxyl groups is 1. The van der Waals surface area contributed by atoms with Gasteiger partial charge in [-0.1, -0.05) is 33.3 Å². The maximum Gasteiger partial charge on any atom is 0.196 e. The van der Waals surface area contributed by atoms with Crippen LogP contribution in [-0.2, 0) is 10.2 Å². The Labute approximate surface area is 136 Å². The molecule has 124 valence electrons. The third-order valence-corrected chi connectivity index (χ3v) is 5.47. The van der Waals surface area contributed by atoms with Gasteiger partial charge in [0.15, 0.2) is 23.4 Å². The number of carbonyl (C=O) groups excluding carboxylic acids is 1. The van der Waals surface area contributed by atoms with Crippen molar-refractivity contribution in [1.29, 1.82) is 0 Å². The number of ketones is 1. The Morgan fingerprint density at radius 3 is 2.65 bits per heavy atom. The first-order valence-corrected chi connectivity index (χ1v) is 8.24. The molecule has 0 amide bonds. The van der Waals surface area contributed by atoms with Gasteiger partial charge in [0.1, 0.15) is 0 Å². The molecule has 1 aromatic carbocycles. The number of fused-ring (bicyclic) bond motifs is 3. The van der Waals surface area contributed by atoms with E-state index in [0.29, 0.717) is 12.2 Å². The van der Waals surface area contributed by atoms with E-state index in [9.17, 15) is 15.0 Å². The molecule has 0 aromatic heterocycles. The van der Waals surface area contributed by atoms with Gasteiger partial charge in [0.05, 0.1) is 11.0 Å². The lowest BCUT2D eigenvalue weighted by Crippen LogP contribution is -2.63. The van der Waals surface area contributed by atoms with E-state index < -0.39 is 17.1 Å². The molecule has 0 spiro atoms. The van der Waals surface area contributed by atoms with Gasteiger partial charge in [-0.3, -0.25) is 4.79 Å². The van der Waals surface area contributed by atoms with E-state index >= 15 is 0 Å². The van der Waals surface area contributed by atoms with Crippen LogP contribution in [0.5, 0.6) is 11.5 Å². The van der Waals surface area contributed by atoms with Gasteiger partial charge < -0.3 is 14.9 Å². The van der Waals surface area contributed by atoms with Crippen molar-refractivity contribution in [3.63, 3.8) is 0 Å². The molecule has 0 fully saturated rings. The zero-order valence-electron chi connectivity index (χ0n) is 14.1. The molecule has 2 aliphatic rings. The minimum atomic E-state index is -1.20. The Kier molecular flexibility index (Phi) is 3.56. The molecule has 0 saturated carbocycles. The van der Waals surface area contributed by atoms with Gasteiger partial charge in [-0.2, -0.15) is 0 Å². The first-order chi connectivity index (χ1) is 10.8. The highest BCUT2D eigenvalue weighted by atomic mass is 16.5. The molecule has 1 aromatic rings. The van der Waals surface area contributed by atoms with Crippen molar-refractivity contribution < 1.29 is 19.7 Å². The van der Waals surface area contributed by atoms with Gasteiger partial charge in [-0.05, 0) is 43.0 Å². The van der Waals surface area contributed by atoms with Crippen LogP contribution in [-0.4, -0.2) is 27.7 Å². The lowest BCUT2D eigenvalue weighted by molar-refractivity contribution is -0.135. The van der Waals surface area contributed by atoms with Crippen molar-refractivity contribution in [2.75, 3.05) is 0 Å². The van der Waals surface area contributed by atoms with Crippen LogP contribution < -0.4 is 4.74 Å². The molecular weight excluding hydrogens is 292 g/mol. The Morgan fingerprint density at radius 2 is 2.04 bits per heavy atom. The van der Waals surface area contributed by atoms with Crippen LogP contribution in [0, 0.1) is 12.8 Å². The standard InChI is InChI=1S/C19H24O4/c1-5-9-18-15-12(4)6-7-13(20)16(15)23-17(18)14(21)8-10-19(18,22)11(2)3/h6-8,10-11,17,20,22H,5,9H2,1-4H3. The van der Waals surface area contributed by atoms with Gasteiger partial charge in [0.25, 0.3) is 0 Å². The summed E-state index contributed by atoms with van der Waals surface area (Å²) in [5.41, 5.74) is -0.361. The van der Waals surface area contributed by atoms with Crippen LogP contribution in [0.4, 0.5) is 0 Å². The second kappa shape index (κ2) is 5.10. The number of phenols is 1. The lowest BCUT2D eigenvalue weighted by atomic mass is 9.55. The van der Waals surface area contributed by atoms with Crippen LogP contribution in [0.2, 0.25) is 0 Å². The highest BCUT2D eigenvalue weighted by Gasteiger charge is 2.65. The van der Waals surface area contributed by atoms with Gasteiger partial charge in [0, 0.05) is 5.56 Å². The molecule has 3 atom stereocenters. The number of carbonyl (C=O) groups is 1. The Bertz CT molecular complexity index is 691. The van der Waals surface area contributed by atoms with E-state index in [2.05, 4.69) is 0 Å². The third kappa shape index (κ3) is 1.84. The van der Waals surface area contributed by atoms with Gasteiger partial charge in [0.2, 0.25) is 0 Å². The molecule has 1 aliphatic heterocycles. The number of aryl methyl sites for hydroxylation is 1. The predicted molar refractivity (Wildman–Crippen MR) is 87.8 cm³/mol. The van der Waals surface area contributed by atoms with Crippen molar-refractivity contribution in [1.82, 2.24) is 0 Å². The van der Waals surface area contributed by atoms with Crippen LogP contribution >= 0.6 is 0 Å².